The van der Waals surface area contributed by atoms with Crippen molar-refractivity contribution in [3.63, 3.8) is 0 Å². The molecule has 1 atom stereocenters. The molecule has 0 saturated heterocycles. The van der Waals surface area contributed by atoms with Gasteiger partial charge in [-0.3, -0.25) is 4.79 Å². The zero-order valence-electron chi connectivity index (χ0n) is 21.3. The Balaban J connectivity index is -0.000000507. The fourth-order valence-electron chi connectivity index (χ4n) is 3.27. The Labute approximate surface area is 224 Å². The molecule has 0 aliphatic heterocycles. The first-order chi connectivity index (χ1) is 14.6. The minimum absolute atomic E-state index is 0. The molecule has 0 aromatic rings. The van der Waals surface area contributed by atoms with Crippen molar-refractivity contribution in [2.24, 2.45) is 0 Å². The summed E-state index contributed by atoms with van der Waals surface area (Å²) >= 11 is 8.46. The van der Waals surface area contributed by atoms with Crippen LogP contribution in [0.25, 0.3) is 0 Å². The fourth-order valence-corrected chi connectivity index (χ4v) is 3.75. The van der Waals surface area contributed by atoms with Gasteiger partial charge in [-0.1, -0.05) is 124 Å². The second-order valence-electron chi connectivity index (χ2n) is 8.50. The average Bonchev–Trinajstić information content (AvgIpc) is 2.76. The minimum atomic E-state index is -0.227. The summed E-state index contributed by atoms with van der Waals surface area (Å²) in [6.45, 7) is 7.17. The van der Waals surface area contributed by atoms with Crippen molar-refractivity contribution in [3.8, 4) is 0 Å². The Morgan fingerprint density at radius 2 is 1.03 bits per heavy atom. The van der Waals surface area contributed by atoms with E-state index in [1.54, 1.807) is 0 Å². The molecule has 0 saturated carbocycles. The van der Waals surface area contributed by atoms with Gasteiger partial charge >= 0.3 is 30.4 Å². The quantitative estimate of drug-likeness (QED) is 0.0616. The van der Waals surface area contributed by atoms with Crippen LogP contribution < -0.4 is 0 Å². The van der Waals surface area contributed by atoms with Gasteiger partial charge in [0.05, 0.1) is 11.9 Å². The number of thiol groups is 2. The third kappa shape index (κ3) is 33.2. The Hall–Kier alpha value is 0.988. The molecule has 0 spiro atoms. The van der Waals surface area contributed by atoms with Crippen LogP contribution in [-0.2, 0) is 9.53 Å². The van der Waals surface area contributed by atoms with Gasteiger partial charge in [-0.15, -0.1) is 0 Å². The van der Waals surface area contributed by atoms with Crippen molar-refractivity contribution in [2.45, 2.75) is 148 Å². The van der Waals surface area contributed by atoms with E-state index in [0.29, 0.717) is 6.61 Å². The molecular weight excluding hydrogens is 530 g/mol. The molecule has 1 unspecified atom stereocenters. The van der Waals surface area contributed by atoms with Crippen molar-refractivity contribution in [3.05, 3.63) is 0 Å². The number of rotatable bonds is 21. The number of hydrogen-bond donors (Lipinski definition) is 2. The Bertz CT molecular complexity index is 321. The maximum absolute atomic E-state index is 11.5. The third-order valence-corrected chi connectivity index (χ3v) is 6.14. The molecule has 31 heavy (non-hydrogen) atoms. The van der Waals surface area contributed by atoms with Crippen molar-refractivity contribution < 1.29 is 9.53 Å². The number of ether oxygens (including phenoxy) is 1. The molecule has 0 heterocycles. The van der Waals surface area contributed by atoms with Crippen LogP contribution in [-0.4, -0.2) is 48.0 Å². The van der Waals surface area contributed by atoms with Gasteiger partial charge in [-0.25, -0.2) is 0 Å². The SMILES string of the molecule is CCCCCCCCCCCCS.CCCCCCCCOC(=O)C(S)CCCC.[SbH3]. The van der Waals surface area contributed by atoms with Crippen LogP contribution in [0.4, 0.5) is 0 Å². The van der Waals surface area contributed by atoms with Gasteiger partial charge in [0, 0.05) is 0 Å². The summed E-state index contributed by atoms with van der Waals surface area (Å²) in [6, 6.07) is 0. The predicted molar refractivity (Wildman–Crippen MR) is 152 cm³/mol. The van der Waals surface area contributed by atoms with E-state index >= 15 is 0 Å². The molecule has 0 radical (unpaired) electrons. The van der Waals surface area contributed by atoms with E-state index in [4.69, 9.17) is 4.74 Å². The topological polar surface area (TPSA) is 26.3 Å². The van der Waals surface area contributed by atoms with Crippen LogP contribution in [0.5, 0.6) is 0 Å². The number of esters is 1. The summed E-state index contributed by atoms with van der Waals surface area (Å²) in [4.78, 5) is 11.5. The predicted octanol–water partition coefficient (Wildman–Crippen LogP) is 8.03. The second kappa shape index (κ2) is 33.2. The Morgan fingerprint density at radius 1 is 0.645 bits per heavy atom. The van der Waals surface area contributed by atoms with Gasteiger partial charge in [0.2, 0.25) is 0 Å². The number of carbonyl (C=O) groups is 1. The van der Waals surface area contributed by atoms with E-state index in [1.165, 1.54) is 96.3 Å². The summed E-state index contributed by atoms with van der Waals surface area (Å²) in [5, 5.41) is -0.227. The molecule has 0 N–H and O–H groups in total. The summed E-state index contributed by atoms with van der Waals surface area (Å²) in [6.07, 6.45) is 24.4. The van der Waals surface area contributed by atoms with Crippen LogP contribution in [0.1, 0.15) is 143 Å². The van der Waals surface area contributed by atoms with E-state index in [1.807, 2.05) is 0 Å². The van der Waals surface area contributed by atoms with Gasteiger partial charge in [0.15, 0.2) is 0 Å². The zero-order chi connectivity index (χ0) is 22.7. The molecule has 5 heteroatoms. The first-order valence-electron chi connectivity index (χ1n) is 13.1. The van der Waals surface area contributed by atoms with Crippen LogP contribution in [0.3, 0.4) is 0 Å². The standard InChI is InChI=1S/C14H28O2S.C12H26S.Sb.3H/c1-3-5-7-8-9-10-12-16-14(15)13(17)11-6-4-2;1-2-3-4-5-6-7-8-9-10-11-12-13;;;;/h13,17H,3-12H2,1-2H3;13H,2-12H2,1H3;;;;. The van der Waals surface area contributed by atoms with Gasteiger partial charge < -0.3 is 4.74 Å². The molecule has 0 fully saturated rings. The van der Waals surface area contributed by atoms with Gasteiger partial charge in [-0.05, 0) is 25.0 Å². The molecule has 0 aliphatic carbocycles. The van der Waals surface area contributed by atoms with Crippen molar-refractivity contribution in [1.29, 1.82) is 0 Å². The molecular formula is C26H57O2S2Sb. The first kappa shape index (κ1) is 36.6. The van der Waals surface area contributed by atoms with Crippen molar-refractivity contribution in [1.82, 2.24) is 0 Å². The first-order valence-corrected chi connectivity index (χ1v) is 14.2. The van der Waals surface area contributed by atoms with E-state index in [2.05, 4.69) is 46.0 Å². The number of unbranched alkanes of at least 4 members (excludes halogenated alkanes) is 15. The van der Waals surface area contributed by atoms with Crippen molar-refractivity contribution in [2.75, 3.05) is 12.4 Å². The third-order valence-electron chi connectivity index (χ3n) is 5.36. The van der Waals surface area contributed by atoms with Gasteiger partial charge in [-0.2, -0.15) is 25.3 Å². The van der Waals surface area contributed by atoms with Crippen LogP contribution >= 0.6 is 25.3 Å². The molecule has 0 aliphatic rings. The van der Waals surface area contributed by atoms with Crippen LogP contribution in [0.2, 0.25) is 0 Å². The Kier molecular flexibility index (Phi) is 39.1. The summed E-state index contributed by atoms with van der Waals surface area (Å²) in [5.41, 5.74) is 0. The van der Waals surface area contributed by atoms with E-state index < -0.39 is 0 Å². The second-order valence-corrected chi connectivity index (χ2v) is 9.57. The molecule has 2 nitrogen and oxygen atoms in total. The number of hydrogen-bond acceptors (Lipinski definition) is 4. The monoisotopic (exact) mass is 586 g/mol. The normalized spacial score (nSPS) is 11.3. The fraction of sp³-hybridized carbons (Fsp3) is 0.962. The zero-order valence-corrected chi connectivity index (χ0v) is 27.2. The summed E-state index contributed by atoms with van der Waals surface area (Å²) in [5.74, 6) is 0.923. The maximum atomic E-state index is 11.5. The molecule has 0 rings (SSSR count). The van der Waals surface area contributed by atoms with Crippen LogP contribution in [0.15, 0.2) is 0 Å². The molecule has 190 valence electrons. The van der Waals surface area contributed by atoms with Gasteiger partial charge in [0.25, 0.3) is 0 Å². The van der Waals surface area contributed by atoms with Crippen molar-refractivity contribution >= 4 is 55.7 Å². The van der Waals surface area contributed by atoms with E-state index in [0.717, 1.165) is 31.4 Å². The summed E-state index contributed by atoms with van der Waals surface area (Å²) in [7, 11) is 0. The molecule has 0 amide bonds. The molecule has 0 bridgehead atoms. The van der Waals surface area contributed by atoms with Crippen LogP contribution in [0, 0.1) is 0 Å². The number of carbonyl (C=O) groups excluding carboxylic acids is 1. The summed E-state index contributed by atoms with van der Waals surface area (Å²) < 4.78 is 5.19. The average molecular weight is 588 g/mol. The molecule has 0 aromatic heterocycles. The Morgan fingerprint density at radius 3 is 1.45 bits per heavy atom. The van der Waals surface area contributed by atoms with Gasteiger partial charge in [0.1, 0.15) is 0 Å². The van der Waals surface area contributed by atoms with E-state index in [9.17, 15) is 4.79 Å². The van der Waals surface area contributed by atoms with E-state index in [-0.39, 0.29) is 35.6 Å². The molecule has 0 aromatic carbocycles.